The van der Waals surface area contributed by atoms with Gasteiger partial charge in [-0.05, 0) is 11.6 Å². The topological polar surface area (TPSA) is 77.3 Å². The first-order chi connectivity index (χ1) is 14.5. The van der Waals surface area contributed by atoms with Gasteiger partial charge in [0.15, 0.2) is 11.6 Å². The highest BCUT2D eigenvalue weighted by molar-refractivity contribution is 6.16. The van der Waals surface area contributed by atoms with Gasteiger partial charge in [0.1, 0.15) is 0 Å². The van der Waals surface area contributed by atoms with Crippen LogP contribution < -0.4 is 0 Å². The lowest BCUT2D eigenvalue weighted by Gasteiger charge is -2.24. The number of hydrogen-bond acceptors (Lipinski definition) is 4. The summed E-state index contributed by atoms with van der Waals surface area (Å²) >= 11 is 0. The molecule has 0 spiro atoms. The van der Waals surface area contributed by atoms with E-state index in [4.69, 9.17) is 6.42 Å². The minimum Gasteiger partial charge on any atom is -0.293 e. The molecule has 5 heteroatoms. The Morgan fingerprint density at radius 3 is 1.77 bits per heavy atom. The van der Waals surface area contributed by atoms with Crippen molar-refractivity contribution >= 4 is 11.6 Å². The number of rotatable bonds is 8. The molecule has 0 aliphatic heterocycles. The zero-order valence-electron chi connectivity index (χ0n) is 16.1. The van der Waals surface area contributed by atoms with Crippen molar-refractivity contribution in [2.45, 2.75) is 5.92 Å². The Morgan fingerprint density at radius 2 is 1.30 bits per heavy atom. The number of hydrogen-bond donors (Lipinski definition) is 0. The fraction of sp³-hybridized carbons (Fsp3) is 0.120. The predicted molar refractivity (Wildman–Crippen MR) is 114 cm³/mol. The first kappa shape index (κ1) is 20.7. The van der Waals surface area contributed by atoms with Gasteiger partial charge in [-0.2, -0.15) is 0 Å². The number of benzene rings is 3. The summed E-state index contributed by atoms with van der Waals surface area (Å²) in [4.78, 5) is 37.9. The molecule has 0 amide bonds. The van der Waals surface area contributed by atoms with Crippen LogP contribution in [0.4, 0.5) is 0 Å². The molecule has 0 heterocycles. The van der Waals surface area contributed by atoms with Crippen LogP contribution in [-0.2, 0) is 0 Å². The summed E-state index contributed by atoms with van der Waals surface area (Å²) in [6.45, 7) is -0.597. The fourth-order valence-electron chi connectivity index (χ4n) is 3.54. The number of ketones is 2. The number of terminal acetylenes is 1. The molecule has 0 unspecified atom stereocenters. The average molecular weight is 397 g/mol. The molecule has 0 N–H and O–H groups in total. The van der Waals surface area contributed by atoms with Gasteiger partial charge in [0, 0.05) is 21.6 Å². The van der Waals surface area contributed by atoms with E-state index in [0.717, 1.165) is 0 Å². The van der Waals surface area contributed by atoms with E-state index in [9.17, 15) is 19.7 Å². The molecule has 3 aromatic rings. The first-order valence-electron chi connectivity index (χ1n) is 9.38. The number of Topliss-reactive ketones (excluding diaryl/α,β-unsaturated/α-hetero) is 2. The van der Waals surface area contributed by atoms with Crippen molar-refractivity contribution < 1.29 is 14.5 Å². The van der Waals surface area contributed by atoms with Gasteiger partial charge in [0.05, 0.1) is 11.8 Å². The van der Waals surface area contributed by atoms with Crippen molar-refractivity contribution in [3.05, 3.63) is 117 Å². The maximum Gasteiger partial charge on any atom is 0.211 e. The van der Waals surface area contributed by atoms with E-state index in [-0.39, 0.29) is 0 Å². The molecule has 0 saturated heterocycles. The molecule has 0 bridgehead atoms. The smallest absolute Gasteiger partial charge is 0.211 e. The van der Waals surface area contributed by atoms with Crippen molar-refractivity contribution in [3.8, 4) is 12.3 Å². The summed E-state index contributed by atoms with van der Waals surface area (Å²) in [5.74, 6) is -0.712. The number of carbonyl (C=O) groups excluding carboxylic acids is 2. The first-order valence-corrected chi connectivity index (χ1v) is 9.38. The Kier molecular flexibility index (Phi) is 6.51. The molecule has 0 aliphatic carbocycles. The lowest BCUT2D eigenvalue weighted by atomic mass is 9.75. The van der Waals surface area contributed by atoms with Gasteiger partial charge in [0.25, 0.3) is 0 Å². The van der Waals surface area contributed by atoms with Gasteiger partial charge in [-0.25, -0.2) is 0 Å². The lowest BCUT2D eigenvalue weighted by molar-refractivity contribution is -0.484. The Bertz CT molecular complexity index is 1050. The molecule has 0 aromatic heterocycles. The normalized spacial score (nSPS) is 11.5. The van der Waals surface area contributed by atoms with Gasteiger partial charge >= 0.3 is 0 Å². The second kappa shape index (κ2) is 9.44. The Balaban J connectivity index is 2.19. The minimum atomic E-state index is -1.28. The maximum atomic E-state index is 13.5. The van der Waals surface area contributed by atoms with Gasteiger partial charge in [0.2, 0.25) is 6.54 Å². The molecule has 3 rings (SSSR count). The van der Waals surface area contributed by atoms with Crippen molar-refractivity contribution in [2.75, 3.05) is 6.54 Å². The van der Waals surface area contributed by atoms with E-state index in [2.05, 4.69) is 5.92 Å². The minimum absolute atomic E-state index is 0.318. The Hall–Kier alpha value is -4.04. The quantitative estimate of drug-likeness (QED) is 0.185. The van der Waals surface area contributed by atoms with Crippen LogP contribution in [0, 0.1) is 28.4 Å². The summed E-state index contributed by atoms with van der Waals surface area (Å²) in [6, 6.07) is 23.4. The summed E-state index contributed by atoms with van der Waals surface area (Å²) in [5.41, 5.74) is 1.50. The number of carbonyl (C=O) groups is 2. The van der Waals surface area contributed by atoms with Crippen LogP contribution >= 0.6 is 0 Å². The van der Waals surface area contributed by atoms with Gasteiger partial charge in [-0.3, -0.25) is 19.7 Å². The summed E-state index contributed by atoms with van der Waals surface area (Å²) in [5, 5.41) is 11.5. The summed E-state index contributed by atoms with van der Waals surface area (Å²) < 4.78 is 0. The molecule has 0 saturated carbocycles. The van der Waals surface area contributed by atoms with Crippen LogP contribution in [0.5, 0.6) is 0 Å². The molecule has 1 atom stereocenters. The largest absolute Gasteiger partial charge is 0.293 e. The third kappa shape index (κ3) is 4.50. The zero-order valence-corrected chi connectivity index (χ0v) is 16.1. The third-order valence-electron chi connectivity index (χ3n) is 4.95. The van der Waals surface area contributed by atoms with Gasteiger partial charge in [-0.15, -0.1) is 6.42 Å². The molecule has 0 aliphatic rings. The highest BCUT2D eigenvalue weighted by Crippen LogP contribution is 2.33. The monoisotopic (exact) mass is 397 g/mol. The van der Waals surface area contributed by atoms with Gasteiger partial charge < -0.3 is 0 Å². The molecular formula is C25H19NO4. The highest BCUT2D eigenvalue weighted by atomic mass is 16.6. The van der Waals surface area contributed by atoms with Crippen LogP contribution in [0.15, 0.2) is 84.9 Å². The third-order valence-corrected chi connectivity index (χ3v) is 4.95. The fourth-order valence-corrected chi connectivity index (χ4v) is 3.54. The molecule has 148 valence electrons. The molecule has 30 heavy (non-hydrogen) atoms. The van der Waals surface area contributed by atoms with E-state index in [0.29, 0.717) is 22.3 Å². The van der Waals surface area contributed by atoms with Crippen molar-refractivity contribution in [1.29, 1.82) is 0 Å². The number of nitrogens with zero attached hydrogens (tertiary/aromatic N) is 1. The standard InChI is InChI=1S/C25H19NO4/c1-2-18-11-9-10-16-21(18)22(17-26(29)30)23(24(27)19-12-5-3-6-13-19)25(28)20-14-7-4-8-15-20/h1,3-16,22-23H,17H2/t22-/m0/s1. The second-order valence-electron chi connectivity index (χ2n) is 6.79. The molecular weight excluding hydrogens is 378 g/mol. The van der Waals surface area contributed by atoms with Crippen molar-refractivity contribution in [2.24, 2.45) is 5.92 Å². The predicted octanol–water partition coefficient (Wildman–Crippen LogP) is 4.41. The van der Waals surface area contributed by atoms with E-state index in [1.165, 1.54) is 0 Å². The van der Waals surface area contributed by atoms with E-state index >= 15 is 0 Å². The Labute approximate surface area is 174 Å². The van der Waals surface area contributed by atoms with Crippen molar-refractivity contribution in [3.63, 3.8) is 0 Å². The van der Waals surface area contributed by atoms with Crippen LogP contribution in [0.1, 0.15) is 37.8 Å². The van der Waals surface area contributed by atoms with E-state index in [1.807, 2.05) is 0 Å². The number of nitro groups is 1. The maximum absolute atomic E-state index is 13.5. The van der Waals surface area contributed by atoms with Crippen LogP contribution in [0.25, 0.3) is 0 Å². The highest BCUT2D eigenvalue weighted by Gasteiger charge is 2.40. The summed E-state index contributed by atoms with van der Waals surface area (Å²) in [6.07, 6.45) is 5.60. The van der Waals surface area contributed by atoms with E-state index < -0.39 is 34.9 Å². The van der Waals surface area contributed by atoms with Crippen molar-refractivity contribution in [1.82, 2.24) is 0 Å². The van der Waals surface area contributed by atoms with Crippen LogP contribution in [0.2, 0.25) is 0 Å². The van der Waals surface area contributed by atoms with Gasteiger partial charge in [-0.1, -0.05) is 84.8 Å². The average Bonchev–Trinajstić information content (AvgIpc) is 2.79. The molecule has 0 fully saturated rings. The molecule has 0 radical (unpaired) electrons. The molecule has 3 aromatic carbocycles. The SMILES string of the molecule is C#Cc1ccccc1[C@H](C[N+](=O)[O-])C(C(=O)c1ccccc1)C(=O)c1ccccc1. The second-order valence-corrected chi connectivity index (χ2v) is 6.79. The van der Waals surface area contributed by atoms with Crippen LogP contribution in [-0.4, -0.2) is 23.0 Å². The summed E-state index contributed by atoms with van der Waals surface area (Å²) in [7, 11) is 0. The molecule has 5 nitrogen and oxygen atoms in total. The van der Waals surface area contributed by atoms with E-state index in [1.54, 1.807) is 84.9 Å². The lowest BCUT2D eigenvalue weighted by Crippen LogP contribution is -2.34. The van der Waals surface area contributed by atoms with Crippen LogP contribution in [0.3, 0.4) is 0 Å². The zero-order chi connectivity index (χ0) is 21.5. The Morgan fingerprint density at radius 1 is 0.833 bits per heavy atom.